The fraction of sp³-hybridized carbons (Fsp3) is 0.471. The first kappa shape index (κ1) is 18.4. The fourth-order valence-corrected chi connectivity index (χ4v) is 4.76. The number of hydrogen-bond donors (Lipinski definition) is 1. The van der Waals surface area contributed by atoms with E-state index in [1.54, 1.807) is 29.2 Å². The lowest BCUT2D eigenvalue weighted by atomic mass is 10.2. The molecule has 3 rings (SSSR count). The molecule has 26 heavy (non-hydrogen) atoms. The van der Waals surface area contributed by atoms with Crippen LogP contribution in [0.3, 0.4) is 0 Å². The van der Waals surface area contributed by atoms with E-state index in [2.05, 4.69) is 5.32 Å². The van der Waals surface area contributed by atoms with Gasteiger partial charge in [0.25, 0.3) is 5.91 Å². The van der Waals surface area contributed by atoms with Crippen LogP contribution in [0.5, 0.6) is 0 Å². The minimum Gasteiger partial charge on any atom is -0.452 e. The Balaban J connectivity index is 1.48. The molecular weight excluding hydrogens is 360 g/mol. The molecule has 0 unspecified atom stereocenters. The van der Waals surface area contributed by atoms with E-state index in [0.29, 0.717) is 19.4 Å². The molecule has 0 aromatic heterocycles. The van der Waals surface area contributed by atoms with Gasteiger partial charge in [-0.2, -0.15) is 0 Å². The molecule has 1 aromatic rings. The topological polar surface area (TPSA) is 110 Å². The second-order valence-corrected chi connectivity index (χ2v) is 8.67. The highest BCUT2D eigenvalue weighted by Gasteiger charge is 2.29. The molecule has 2 heterocycles. The van der Waals surface area contributed by atoms with Crippen LogP contribution in [0.4, 0.5) is 5.69 Å². The Morgan fingerprint density at radius 3 is 2.54 bits per heavy atom. The fourth-order valence-electron chi connectivity index (χ4n) is 3.09. The quantitative estimate of drug-likeness (QED) is 0.735. The third kappa shape index (κ3) is 4.40. The van der Waals surface area contributed by atoms with Crippen molar-refractivity contribution in [2.45, 2.75) is 25.3 Å². The van der Waals surface area contributed by atoms with E-state index in [1.807, 2.05) is 0 Å². The van der Waals surface area contributed by atoms with Gasteiger partial charge >= 0.3 is 5.97 Å². The molecule has 9 heteroatoms. The Hall–Kier alpha value is -2.42. The largest absolute Gasteiger partial charge is 0.452 e. The third-order valence-corrected chi connectivity index (χ3v) is 6.19. The van der Waals surface area contributed by atoms with Gasteiger partial charge in [0.05, 0.1) is 17.1 Å². The van der Waals surface area contributed by atoms with Crippen molar-refractivity contribution in [2.75, 3.05) is 29.6 Å². The molecule has 2 aliphatic rings. The molecule has 1 aromatic carbocycles. The molecule has 140 valence electrons. The molecule has 1 N–H and O–H groups in total. The maximum absolute atomic E-state index is 12.0. The average Bonchev–Trinajstić information content (AvgIpc) is 3.18. The lowest BCUT2D eigenvalue weighted by molar-refractivity contribution is -0.124. The number of carbonyl (C=O) groups excluding carboxylic acids is 3. The predicted octanol–water partition coefficient (Wildman–Crippen LogP) is 0.274. The van der Waals surface area contributed by atoms with Crippen molar-refractivity contribution >= 4 is 33.3 Å². The maximum atomic E-state index is 12.0. The normalized spacial score (nSPS) is 21.6. The zero-order chi connectivity index (χ0) is 18.7. The minimum absolute atomic E-state index is 0.0591. The number of benzene rings is 1. The van der Waals surface area contributed by atoms with Crippen LogP contribution >= 0.6 is 0 Å². The highest BCUT2D eigenvalue weighted by molar-refractivity contribution is 7.91. The number of anilines is 1. The SMILES string of the molecule is O=C(COC(=O)c1ccc(N2CCCC2=O)cc1)N[C@@H]1CCS(=O)(=O)C1. The van der Waals surface area contributed by atoms with Crippen LogP contribution in [0.2, 0.25) is 0 Å². The van der Waals surface area contributed by atoms with Crippen molar-refractivity contribution in [3.05, 3.63) is 29.8 Å². The van der Waals surface area contributed by atoms with Crippen molar-refractivity contribution in [1.82, 2.24) is 5.32 Å². The van der Waals surface area contributed by atoms with E-state index in [-0.39, 0.29) is 23.0 Å². The van der Waals surface area contributed by atoms with Crippen molar-refractivity contribution in [1.29, 1.82) is 0 Å². The number of ether oxygens (including phenoxy) is 1. The van der Waals surface area contributed by atoms with Gasteiger partial charge in [0.1, 0.15) is 0 Å². The zero-order valence-corrected chi connectivity index (χ0v) is 15.0. The van der Waals surface area contributed by atoms with Gasteiger partial charge in [-0.05, 0) is 37.1 Å². The summed E-state index contributed by atoms with van der Waals surface area (Å²) < 4.78 is 27.7. The summed E-state index contributed by atoms with van der Waals surface area (Å²) in [6.07, 6.45) is 1.72. The standard InChI is InChI=1S/C17H20N2O6S/c20-15(18-13-7-9-26(23,24)11-13)10-25-17(22)12-3-5-14(6-4-12)19-8-1-2-16(19)21/h3-6,13H,1-2,7-11H2,(H,18,20)/t13-/m1/s1. The van der Waals surface area contributed by atoms with Gasteiger partial charge in [0.2, 0.25) is 5.91 Å². The molecule has 0 saturated carbocycles. The number of amides is 2. The van der Waals surface area contributed by atoms with Crippen molar-refractivity contribution < 1.29 is 27.5 Å². The zero-order valence-electron chi connectivity index (χ0n) is 14.1. The molecule has 2 aliphatic heterocycles. The molecule has 1 atom stereocenters. The number of sulfone groups is 1. The summed E-state index contributed by atoms with van der Waals surface area (Å²) in [5.74, 6) is -1.14. The lowest BCUT2D eigenvalue weighted by Gasteiger charge is -2.15. The molecule has 0 radical (unpaired) electrons. The Kier molecular flexibility index (Phi) is 5.26. The van der Waals surface area contributed by atoms with Crippen LogP contribution in [0, 0.1) is 0 Å². The minimum atomic E-state index is -3.08. The smallest absolute Gasteiger partial charge is 0.338 e. The first-order chi connectivity index (χ1) is 12.3. The number of nitrogens with zero attached hydrogens (tertiary/aromatic N) is 1. The number of rotatable bonds is 5. The van der Waals surface area contributed by atoms with E-state index in [1.165, 1.54) is 0 Å². The van der Waals surface area contributed by atoms with Crippen LogP contribution < -0.4 is 10.2 Å². The average molecular weight is 380 g/mol. The van der Waals surface area contributed by atoms with E-state index < -0.39 is 34.4 Å². The monoisotopic (exact) mass is 380 g/mol. The number of carbonyl (C=O) groups is 3. The number of hydrogen-bond acceptors (Lipinski definition) is 6. The van der Waals surface area contributed by atoms with Gasteiger partial charge in [0, 0.05) is 24.7 Å². The first-order valence-corrected chi connectivity index (χ1v) is 10.2. The van der Waals surface area contributed by atoms with E-state index in [0.717, 1.165) is 12.1 Å². The van der Waals surface area contributed by atoms with Crippen LogP contribution in [-0.2, 0) is 24.2 Å². The summed E-state index contributed by atoms with van der Waals surface area (Å²) in [5, 5.41) is 2.55. The maximum Gasteiger partial charge on any atom is 0.338 e. The van der Waals surface area contributed by atoms with Crippen molar-refractivity contribution in [3.8, 4) is 0 Å². The lowest BCUT2D eigenvalue weighted by Crippen LogP contribution is -2.38. The highest BCUT2D eigenvalue weighted by Crippen LogP contribution is 2.21. The van der Waals surface area contributed by atoms with Crippen LogP contribution in [0.15, 0.2) is 24.3 Å². The van der Waals surface area contributed by atoms with Gasteiger partial charge < -0.3 is 15.0 Å². The molecular formula is C17H20N2O6S. The second-order valence-electron chi connectivity index (χ2n) is 6.44. The Morgan fingerprint density at radius 2 is 1.96 bits per heavy atom. The summed E-state index contributed by atoms with van der Waals surface area (Å²) in [6, 6.07) is 6.01. The summed E-state index contributed by atoms with van der Waals surface area (Å²) in [6.45, 7) is 0.196. The Bertz CT molecular complexity index is 818. The molecule has 2 fully saturated rings. The third-order valence-electron chi connectivity index (χ3n) is 4.42. The van der Waals surface area contributed by atoms with Gasteiger partial charge in [-0.25, -0.2) is 13.2 Å². The molecule has 0 spiro atoms. The molecule has 0 aliphatic carbocycles. The van der Waals surface area contributed by atoms with Crippen LogP contribution in [0.1, 0.15) is 29.6 Å². The highest BCUT2D eigenvalue weighted by atomic mass is 32.2. The molecule has 2 amide bonds. The predicted molar refractivity (Wildman–Crippen MR) is 93.5 cm³/mol. The van der Waals surface area contributed by atoms with Gasteiger partial charge in [0.15, 0.2) is 16.4 Å². The van der Waals surface area contributed by atoms with Crippen molar-refractivity contribution in [2.24, 2.45) is 0 Å². The van der Waals surface area contributed by atoms with Gasteiger partial charge in [-0.15, -0.1) is 0 Å². The number of esters is 1. The van der Waals surface area contributed by atoms with Crippen LogP contribution in [0.25, 0.3) is 0 Å². The summed E-state index contributed by atoms with van der Waals surface area (Å²) in [4.78, 5) is 37.2. The summed E-state index contributed by atoms with van der Waals surface area (Å²) >= 11 is 0. The van der Waals surface area contributed by atoms with E-state index in [9.17, 15) is 22.8 Å². The van der Waals surface area contributed by atoms with Crippen molar-refractivity contribution in [3.63, 3.8) is 0 Å². The first-order valence-electron chi connectivity index (χ1n) is 8.41. The van der Waals surface area contributed by atoms with Crippen LogP contribution in [-0.4, -0.2) is 56.9 Å². The van der Waals surface area contributed by atoms with E-state index in [4.69, 9.17) is 4.74 Å². The Morgan fingerprint density at radius 1 is 1.23 bits per heavy atom. The van der Waals surface area contributed by atoms with Gasteiger partial charge in [-0.3, -0.25) is 9.59 Å². The van der Waals surface area contributed by atoms with E-state index >= 15 is 0 Å². The Labute approximate surface area is 151 Å². The summed E-state index contributed by atoms with van der Waals surface area (Å²) in [7, 11) is -3.08. The second kappa shape index (κ2) is 7.45. The number of nitrogens with one attached hydrogen (secondary N) is 1. The summed E-state index contributed by atoms with van der Waals surface area (Å²) in [5.41, 5.74) is 1.00. The van der Waals surface area contributed by atoms with Gasteiger partial charge in [-0.1, -0.05) is 0 Å². The molecule has 8 nitrogen and oxygen atoms in total. The molecule has 2 saturated heterocycles. The molecule has 0 bridgehead atoms.